The molecule has 7 aromatic rings. The number of guanidine groups is 2. The highest BCUT2D eigenvalue weighted by Crippen LogP contribution is 2.25. The number of aliphatic hydroxyl groups is 1. The number of carbonyl (C=O) groups is 17. The van der Waals surface area contributed by atoms with Crippen LogP contribution >= 0.6 is 11.8 Å². The summed E-state index contributed by atoms with van der Waals surface area (Å²) in [5.41, 5.74) is 20.8. The summed E-state index contributed by atoms with van der Waals surface area (Å²) in [4.78, 5) is 254. The number of benzene rings is 6. The van der Waals surface area contributed by atoms with Crippen LogP contribution in [-0.4, -0.2) is 272 Å². The number of carboxylic acids is 1. The summed E-state index contributed by atoms with van der Waals surface area (Å²) in [7, 11) is 1.23. The molecule has 0 spiro atoms. The molecule has 0 saturated carbocycles. The predicted octanol–water partition coefficient (Wildman–Crippen LogP) is -1.39. The number of phenolic OH excluding ortho intramolecular Hbond substituents is 2. The summed E-state index contributed by atoms with van der Waals surface area (Å²) in [5, 5.41) is 100.0. The number of rotatable bonds is 29. The molecule has 774 valence electrons. The number of carboxylic acid groups (broad SMARTS) is 1. The number of nitrogens with zero attached hydrogens (tertiary/aromatic N) is 1. The van der Waals surface area contributed by atoms with E-state index in [0.717, 1.165) is 16.0 Å². The molecule has 1 fully saturated rings. The molecular formula is C99H131N23O21S. The third kappa shape index (κ3) is 36.4. The lowest BCUT2D eigenvalue weighted by Crippen LogP contribution is -2.62. The Labute approximate surface area is 836 Å². The van der Waals surface area contributed by atoms with Gasteiger partial charge in [-0.3, -0.25) is 92.3 Å². The number of aliphatic hydroxyl groups excluding tert-OH is 1. The predicted molar refractivity (Wildman–Crippen MR) is 535 cm³/mol. The molecule has 1 aliphatic rings. The van der Waals surface area contributed by atoms with Crippen LogP contribution in [0.4, 0.5) is 0 Å². The Bertz CT molecular complexity index is 5640. The van der Waals surface area contributed by atoms with E-state index in [2.05, 4.69) is 90.1 Å². The van der Waals surface area contributed by atoms with Crippen LogP contribution in [0.5, 0.6) is 11.5 Å². The maximum atomic E-state index is 15.6. The fourth-order valence-corrected chi connectivity index (χ4v) is 16.5. The molecule has 1 saturated heterocycles. The molecular weight excluding hydrogens is 1880 g/mol. The molecule has 8 rings (SSSR count). The Morgan fingerprint density at radius 2 is 0.826 bits per heavy atom. The van der Waals surface area contributed by atoms with Crippen LogP contribution in [0.25, 0.3) is 22.0 Å². The number of aromatic amines is 1. The molecule has 2 heterocycles. The zero-order valence-electron chi connectivity index (χ0n) is 81.2. The number of amides is 16. The Morgan fingerprint density at radius 3 is 1.32 bits per heavy atom. The fourth-order valence-electron chi connectivity index (χ4n) is 15.6. The Hall–Kier alpha value is -15.7. The standard InChI is InChI=1S/C99H131N23O21S/c1-53(2)41-70-92(138)120-83(55(5)6)96(142)118-77(50-123)94(140)119-78(85(131)108-49-79(100)126)51-144-52-80(127)109-71(42-57-19-11-9-12-20-57)87(133)114-73(45-60-31-37-65(125)38-32-60)90(136)116-76(47-81(128)129)91(137)115-75(46-63-48-107-67-24-16-15-23-66(63)67)93(139)121-82(54(3)4)95(141)117-74(43-58-27-33-62(34-28-58)61-21-13-10-14-22-61)89(135)111-69(26-18-40-106-99(103)104)97(143)122(8)56(7)84(130)112-72(44-59-29-35-64(124)36-30-59)88(134)110-68(86(132)113-70)25-17-39-105-98(101)102/h9-16,19-24,27-38,48,53-56,68-78,82-83,107,123-125H,17-18,25-26,39-47,49-52H2,1-8H3,(H2,100,126)(H,108,131)(H,109,127)(H,110,134)(H,111,135)(H,112,130)(H,113,132)(H,114,133)(H,115,137)(H,116,136)(H,117,141)(H,118,142)(H,119,140)(H,120,138)(H,121,139)(H,128,129)(H4,101,102,105)(H4,103,104,106)/t56-,68-,69-,70-,71-,72+,73-,74-,75-,76-,77-,78-,82-,83-/m0/s1. The highest BCUT2D eigenvalue weighted by Gasteiger charge is 2.41. The van der Waals surface area contributed by atoms with E-state index in [4.69, 9.17) is 28.0 Å². The van der Waals surface area contributed by atoms with Crippen molar-refractivity contribution < 1.29 is 102 Å². The highest BCUT2D eigenvalue weighted by molar-refractivity contribution is 8.00. The normalized spacial score (nSPS) is 22.3. The summed E-state index contributed by atoms with van der Waals surface area (Å²) in [5.74, 6) is -22.8. The maximum Gasteiger partial charge on any atom is 0.305 e. The second-order valence-corrected chi connectivity index (χ2v) is 37.2. The first-order chi connectivity index (χ1) is 68.4. The molecule has 45 heteroatoms. The van der Waals surface area contributed by atoms with Crippen molar-refractivity contribution in [2.75, 3.05) is 44.8 Å². The molecule has 6 aromatic carbocycles. The Morgan fingerprint density at radius 1 is 0.438 bits per heavy atom. The van der Waals surface area contributed by atoms with Crippen LogP contribution in [0, 0.1) is 28.6 Å². The number of nitrogens with one attached hydrogen (secondary N) is 19. The van der Waals surface area contributed by atoms with Crippen molar-refractivity contribution in [1.29, 1.82) is 10.8 Å². The van der Waals surface area contributed by atoms with Gasteiger partial charge in [-0.2, -0.15) is 0 Å². The number of thioether (sulfide) groups is 1. The van der Waals surface area contributed by atoms with E-state index in [-0.39, 0.29) is 93.9 Å². The number of H-pyrrole nitrogens is 1. The van der Waals surface area contributed by atoms with E-state index < -0.39 is 246 Å². The van der Waals surface area contributed by atoms with Crippen LogP contribution in [0.2, 0.25) is 0 Å². The number of phenols is 2. The third-order valence-corrected chi connectivity index (χ3v) is 24.6. The largest absolute Gasteiger partial charge is 0.508 e. The van der Waals surface area contributed by atoms with Gasteiger partial charge in [0.25, 0.3) is 0 Å². The summed E-state index contributed by atoms with van der Waals surface area (Å²) in [6.45, 7) is 8.90. The number of primary amides is 1. The number of likely N-dealkylation sites (N-methyl/N-ethyl adjacent to an activating group) is 1. The molecule has 1 aromatic heterocycles. The van der Waals surface area contributed by atoms with Gasteiger partial charge in [0, 0.05) is 75.1 Å². The summed E-state index contributed by atoms with van der Waals surface area (Å²) >= 11 is 0.698. The number of carbonyl (C=O) groups excluding carboxylic acids is 16. The average Bonchev–Trinajstić information content (AvgIpc) is 1.71. The van der Waals surface area contributed by atoms with E-state index in [1.807, 2.05) is 30.3 Å². The van der Waals surface area contributed by atoms with Crippen molar-refractivity contribution >= 4 is 135 Å². The summed E-state index contributed by atoms with van der Waals surface area (Å²) < 4.78 is 0. The second-order valence-electron chi connectivity index (χ2n) is 36.2. The maximum absolute atomic E-state index is 15.6. The van der Waals surface area contributed by atoms with Gasteiger partial charge in [0.05, 0.1) is 25.3 Å². The summed E-state index contributed by atoms with van der Waals surface area (Å²) in [6, 6.07) is 18.6. The van der Waals surface area contributed by atoms with Crippen LogP contribution in [0.15, 0.2) is 164 Å². The quantitative estimate of drug-likeness (QED) is 0.0146. The first-order valence-electron chi connectivity index (χ1n) is 47.1. The molecule has 0 unspecified atom stereocenters. The van der Waals surface area contributed by atoms with Crippen molar-refractivity contribution in [2.24, 2.45) is 35.0 Å². The highest BCUT2D eigenvalue weighted by atomic mass is 32.2. The number of fused-ring (bicyclic) bond motifs is 1. The molecule has 14 atom stereocenters. The van der Waals surface area contributed by atoms with Crippen LogP contribution in [0.1, 0.15) is 115 Å². The van der Waals surface area contributed by atoms with Gasteiger partial charge in [0.2, 0.25) is 94.5 Å². The van der Waals surface area contributed by atoms with E-state index >= 15 is 47.9 Å². The lowest BCUT2D eigenvalue weighted by molar-refractivity contribution is -0.142. The molecule has 16 amide bonds. The lowest BCUT2D eigenvalue weighted by atomic mass is 9.98. The molecule has 29 N–H and O–H groups in total. The van der Waals surface area contributed by atoms with Crippen molar-refractivity contribution in [3.05, 3.63) is 192 Å². The number of hydrogen-bond donors (Lipinski definition) is 26. The minimum absolute atomic E-state index is 0.00941. The zero-order chi connectivity index (χ0) is 106. The van der Waals surface area contributed by atoms with Gasteiger partial charge < -0.3 is 133 Å². The number of aromatic nitrogens is 1. The van der Waals surface area contributed by atoms with Gasteiger partial charge in [0.1, 0.15) is 96.1 Å². The molecule has 0 aliphatic carbocycles. The van der Waals surface area contributed by atoms with Gasteiger partial charge in [-0.05, 0) is 126 Å². The van der Waals surface area contributed by atoms with Gasteiger partial charge >= 0.3 is 5.97 Å². The van der Waals surface area contributed by atoms with Crippen LogP contribution in [0.3, 0.4) is 0 Å². The minimum Gasteiger partial charge on any atom is -0.508 e. The molecule has 0 radical (unpaired) electrons. The number of hydrogen-bond acceptors (Lipinski definition) is 23. The number of aromatic hydroxyl groups is 2. The van der Waals surface area contributed by atoms with E-state index in [1.54, 1.807) is 113 Å². The van der Waals surface area contributed by atoms with Gasteiger partial charge in [-0.1, -0.05) is 169 Å². The van der Waals surface area contributed by atoms with Crippen molar-refractivity contribution in [2.45, 2.75) is 204 Å². The lowest BCUT2D eigenvalue weighted by Gasteiger charge is -2.32. The molecule has 44 nitrogen and oxygen atoms in total. The smallest absolute Gasteiger partial charge is 0.305 e. The van der Waals surface area contributed by atoms with Crippen molar-refractivity contribution in [3.63, 3.8) is 0 Å². The van der Waals surface area contributed by atoms with E-state index in [9.17, 15) is 54.0 Å². The first-order valence-corrected chi connectivity index (χ1v) is 48.2. The monoisotopic (exact) mass is 2010 g/mol. The Balaban J connectivity index is 1.23. The average molecular weight is 2010 g/mol. The molecule has 144 heavy (non-hydrogen) atoms. The SMILES string of the molecule is CC(C)C[C@@H]1NC(=O)[C@H](CCCNC(=N)N)NC(=O)[C@@H](Cc2ccc(O)cc2)NC(=O)[C@H](C)N(C)C(=O)[C@H](CCCNC(=N)N)NC(=O)[C@H](Cc2ccc(-c3ccccc3)cc2)NC(=O)[C@H](C(C)C)NC(=O)[C@H](Cc2c[nH]c3ccccc23)NC(=O)[C@H](CC(=O)O)NC(=O)[C@H](Cc2ccc(O)cc2)NC(=O)[C@H](Cc2ccccc2)NC(=O)CSC[C@@H](C(=O)NCC(N)=O)NC(=O)[C@H](CO)NC(=O)[C@H](C(C)C)NC1=O. The van der Waals surface area contributed by atoms with Crippen molar-refractivity contribution in [1.82, 2.24) is 95.0 Å². The van der Waals surface area contributed by atoms with E-state index in [0.29, 0.717) is 44.9 Å². The van der Waals surface area contributed by atoms with E-state index in [1.165, 1.54) is 76.3 Å². The number of para-hydroxylation sites is 1. The second kappa shape index (κ2) is 56.1. The van der Waals surface area contributed by atoms with Gasteiger partial charge in [0.15, 0.2) is 11.9 Å². The Kier molecular flexibility index (Phi) is 44.2. The van der Waals surface area contributed by atoms with Crippen LogP contribution in [-0.2, 0) is 114 Å². The van der Waals surface area contributed by atoms with Gasteiger partial charge in [-0.15, -0.1) is 11.8 Å². The zero-order valence-corrected chi connectivity index (χ0v) is 82.1. The summed E-state index contributed by atoms with van der Waals surface area (Å²) in [6.07, 6.45) is -1.95. The van der Waals surface area contributed by atoms with Gasteiger partial charge in [-0.25, -0.2) is 0 Å². The fraction of sp³-hybridized carbons (Fsp3) is 0.424. The molecule has 1 aliphatic heterocycles. The molecule has 0 bridgehead atoms. The van der Waals surface area contributed by atoms with Crippen molar-refractivity contribution in [3.8, 4) is 22.6 Å². The number of aliphatic carboxylic acids is 1. The third-order valence-electron chi connectivity index (χ3n) is 23.6. The number of nitrogens with two attached hydrogens (primary N) is 3. The minimum atomic E-state index is -2.09. The topological polar surface area (TPSA) is 708 Å². The van der Waals surface area contributed by atoms with Crippen LogP contribution < -0.4 is 102 Å². The first kappa shape index (κ1) is 114.